The van der Waals surface area contributed by atoms with E-state index < -0.39 is 0 Å². The molecule has 5 nitrogen and oxygen atoms in total. The average Bonchev–Trinajstić information content (AvgIpc) is 3.23. The molecular formula is C22H24N2O3. The largest absolute Gasteiger partial charge is 0.484 e. The Kier molecular flexibility index (Phi) is 4.60. The maximum atomic E-state index is 12.6. The van der Waals surface area contributed by atoms with Crippen molar-refractivity contribution < 1.29 is 14.3 Å². The zero-order valence-electron chi connectivity index (χ0n) is 15.6. The van der Waals surface area contributed by atoms with E-state index in [4.69, 9.17) is 4.74 Å². The number of rotatable bonds is 4. The van der Waals surface area contributed by atoms with E-state index in [-0.39, 0.29) is 23.8 Å². The normalized spacial score (nSPS) is 21.9. The number of carbonyl (C=O) groups is 2. The van der Waals surface area contributed by atoms with Crippen molar-refractivity contribution in [3.63, 3.8) is 0 Å². The lowest BCUT2D eigenvalue weighted by atomic mass is 9.86. The Hall–Kier alpha value is -2.82. The van der Waals surface area contributed by atoms with Crippen LogP contribution in [0.5, 0.6) is 5.75 Å². The highest BCUT2D eigenvalue weighted by Crippen LogP contribution is 2.41. The first kappa shape index (κ1) is 17.6. The first-order valence-electron chi connectivity index (χ1n) is 9.37. The van der Waals surface area contributed by atoms with Gasteiger partial charge in [0.15, 0.2) is 6.61 Å². The molecule has 1 atom stereocenters. The lowest BCUT2D eigenvalue weighted by Gasteiger charge is -2.24. The summed E-state index contributed by atoms with van der Waals surface area (Å²) in [6.45, 7) is 4.06. The molecule has 2 aromatic carbocycles. The van der Waals surface area contributed by atoms with Gasteiger partial charge in [0, 0.05) is 37.2 Å². The zero-order valence-corrected chi connectivity index (χ0v) is 15.6. The smallest absolute Gasteiger partial charge is 0.260 e. The summed E-state index contributed by atoms with van der Waals surface area (Å²) in [6, 6.07) is 17.4. The van der Waals surface area contributed by atoms with E-state index >= 15 is 0 Å². The number of aryl methyl sites for hydroxylation is 1. The van der Waals surface area contributed by atoms with Gasteiger partial charge in [-0.25, -0.2) is 0 Å². The second-order valence-corrected chi connectivity index (χ2v) is 7.66. The van der Waals surface area contributed by atoms with Gasteiger partial charge in [-0.1, -0.05) is 30.3 Å². The summed E-state index contributed by atoms with van der Waals surface area (Å²) in [7, 11) is 0. The molecule has 2 aliphatic rings. The van der Waals surface area contributed by atoms with E-state index in [1.807, 2.05) is 71.3 Å². The summed E-state index contributed by atoms with van der Waals surface area (Å²) in [4.78, 5) is 28.9. The fraction of sp³-hybridized carbons (Fsp3) is 0.364. The van der Waals surface area contributed by atoms with Crippen LogP contribution in [-0.4, -0.2) is 43.0 Å². The third-order valence-electron chi connectivity index (χ3n) is 5.53. The Morgan fingerprint density at radius 2 is 1.93 bits per heavy atom. The Labute approximate surface area is 159 Å². The highest BCUT2D eigenvalue weighted by Gasteiger charge is 2.48. The highest BCUT2D eigenvalue weighted by atomic mass is 16.5. The third-order valence-corrected chi connectivity index (χ3v) is 5.53. The van der Waals surface area contributed by atoms with Gasteiger partial charge in [-0.15, -0.1) is 0 Å². The van der Waals surface area contributed by atoms with Crippen molar-refractivity contribution >= 4 is 17.5 Å². The van der Waals surface area contributed by atoms with E-state index in [0.29, 0.717) is 31.8 Å². The molecule has 2 fully saturated rings. The Morgan fingerprint density at radius 3 is 2.70 bits per heavy atom. The van der Waals surface area contributed by atoms with Gasteiger partial charge in [0.1, 0.15) is 5.75 Å². The molecule has 0 aromatic heterocycles. The molecule has 0 saturated carbocycles. The van der Waals surface area contributed by atoms with Gasteiger partial charge in [0.2, 0.25) is 5.91 Å². The van der Waals surface area contributed by atoms with Crippen LogP contribution < -0.4 is 9.64 Å². The first-order valence-corrected chi connectivity index (χ1v) is 9.37. The molecule has 1 spiro atoms. The minimum absolute atomic E-state index is 0.0165. The van der Waals surface area contributed by atoms with Gasteiger partial charge >= 0.3 is 0 Å². The van der Waals surface area contributed by atoms with Gasteiger partial charge in [-0.2, -0.15) is 0 Å². The molecule has 2 saturated heterocycles. The molecule has 0 bridgehead atoms. The second kappa shape index (κ2) is 7.06. The van der Waals surface area contributed by atoms with Gasteiger partial charge < -0.3 is 14.5 Å². The van der Waals surface area contributed by atoms with Crippen LogP contribution in [0, 0.1) is 12.3 Å². The lowest BCUT2D eigenvalue weighted by molar-refractivity contribution is -0.132. The summed E-state index contributed by atoms with van der Waals surface area (Å²) in [5.41, 5.74) is 1.96. The molecule has 2 aliphatic heterocycles. The molecule has 2 heterocycles. The number of hydrogen-bond acceptors (Lipinski definition) is 3. The first-order chi connectivity index (χ1) is 13.0. The summed E-state index contributed by atoms with van der Waals surface area (Å²) in [6.07, 6.45) is 1.36. The molecule has 0 unspecified atom stereocenters. The number of ether oxygens (including phenoxy) is 1. The van der Waals surface area contributed by atoms with E-state index in [0.717, 1.165) is 17.7 Å². The predicted octanol–water partition coefficient (Wildman–Crippen LogP) is 3.03. The molecule has 4 rings (SSSR count). The highest BCUT2D eigenvalue weighted by molar-refractivity contribution is 5.96. The van der Waals surface area contributed by atoms with Crippen LogP contribution in [-0.2, 0) is 9.59 Å². The Morgan fingerprint density at radius 1 is 1.11 bits per heavy atom. The van der Waals surface area contributed by atoms with Crippen molar-refractivity contribution in [1.82, 2.24) is 4.90 Å². The van der Waals surface area contributed by atoms with E-state index in [9.17, 15) is 9.59 Å². The third kappa shape index (κ3) is 3.68. The van der Waals surface area contributed by atoms with Crippen LogP contribution in [0.1, 0.15) is 18.4 Å². The SMILES string of the molecule is Cc1cccc(N2C[C@]3(CCN(C(=O)COc4ccccc4)C3)CC2=O)c1. The van der Waals surface area contributed by atoms with Crippen LogP contribution in [0.3, 0.4) is 0 Å². The van der Waals surface area contributed by atoms with Crippen molar-refractivity contribution in [1.29, 1.82) is 0 Å². The molecule has 5 heteroatoms. The second-order valence-electron chi connectivity index (χ2n) is 7.66. The standard InChI is InChI=1S/C22H24N2O3/c1-17-6-5-7-18(12-17)24-16-22(13-20(24)25)10-11-23(15-22)21(26)14-27-19-8-3-2-4-9-19/h2-9,12H,10-11,13-16H2,1H3/t22-/m1/s1. The summed E-state index contributed by atoms with van der Waals surface area (Å²) < 4.78 is 5.59. The maximum absolute atomic E-state index is 12.6. The van der Waals surface area contributed by atoms with E-state index in [2.05, 4.69) is 0 Å². The van der Waals surface area contributed by atoms with Crippen LogP contribution in [0.25, 0.3) is 0 Å². The summed E-state index contributed by atoms with van der Waals surface area (Å²) in [5, 5.41) is 0. The zero-order chi connectivity index (χ0) is 18.9. The van der Waals surface area contributed by atoms with Gasteiger partial charge in [0.05, 0.1) is 0 Å². The van der Waals surface area contributed by atoms with Gasteiger partial charge in [-0.05, 0) is 43.2 Å². The Bertz CT molecular complexity index is 852. The molecule has 2 aromatic rings. The number of carbonyl (C=O) groups excluding carboxylic acids is 2. The Balaban J connectivity index is 1.38. The topological polar surface area (TPSA) is 49.9 Å². The monoisotopic (exact) mass is 364 g/mol. The van der Waals surface area contributed by atoms with Crippen molar-refractivity contribution in [2.75, 3.05) is 31.1 Å². The molecular weight excluding hydrogens is 340 g/mol. The van der Waals surface area contributed by atoms with Crippen molar-refractivity contribution in [3.8, 4) is 5.75 Å². The fourth-order valence-electron chi connectivity index (χ4n) is 4.10. The predicted molar refractivity (Wildman–Crippen MR) is 104 cm³/mol. The van der Waals surface area contributed by atoms with Crippen LogP contribution in [0.2, 0.25) is 0 Å². The molecule has 0 aliphatic carbocycles. The van der Waals surface area contributed by atoms with E-state index in [1.54, 1.807) is 0 Å². The lowest BCUT2D eigenvalue weighted by Crippen LogP contribution is -2.36. The number of anilines is 1. The minimum atomic E-state index is -0.136. The van der Waals surface area contributed by atoms with Crippen LogP contribution in [0.4, 0.5) is 5.69 Å². The minimum Gasteiger partial charge on any atom is -0.484 e. The quantitative estimate of drug-likeness (QED) is 0.838. The number of nitrogens with zero attached hydrogens (tertiary/aromatic N) is 2. The average molecular weight is 364 g/mol. The molecule has 0 N–H and O–H groups in total. The van der Waals surface area contributed by atoms with E-state index in [1.165, 1.54) is 0 Å². The van der Waals surface area contributed by atoms with Crippen LogP contribution in [0.15, 0.2) is 54.6 Å². The number of likely N-dealkylation sites (tertiary alicyclic amines) is 1. The number of amides is 2. The van der Waals surface area contributed by atoms with Gasteiger partial charge in [0.25, 0.3) is 5.91 Å². The van der Waals surface area contributed by atoms with Crippen molar-refractivity contribution in [2.24, 2.45) is 5.41 Å². The molecule has 140 valence electrons. The molecule has 2 amide bonds. The van der Waals surface area contributed by atoms with Crippen molar-refractivity contribution in [3.05, 3.63) is 60.2 Å². The van der Waals surface area contributed by atoms with Gasteiger partial charge in [-0.3, -0.25) is 9.59 Å². The summed E-state index contributed by atoms with van der Waals surface area (Å²) >= 11 is 0. The summed E-state index contributed by atoms with van der Waals surface area (Å²) in [5.74, 6) is 0.828. The van der Waals surface area contributed by atoms with Crippen molar-refractivity contribution in [2.45, 2.75) is 19.8 Å². The molecule has 0 radical (unpaired) electrons. The maximum Gasteiger partial charge on any atom is 0.260 e. The number of para-hydroxylation sites is 1. The molecule has 27 heavy (non-hydrogen) atoms. The fourth-order valence-corrected chi connectivity index (χ4v) is 4.10. The van der Waals surface area contributed by atoms with Crippen LogP contribution >= 0.6 is 0 Å². The number of hydrogen-bond donors (Lipinski definition) is 0. The number of benzene rings is 2.